The molecule has 0 aliphatic carbocycles. The molecule has 0 fully saturated rings. The van der Waals surface area contributed by atoms with Crippen molar-refractivity contribution >= 4 is 10.1 Å². The molecule has 0 bridgehead atoms. The van der Waals surface area contributed by atoms with Gasteiger partial charge in [-0.1, -0.05) is 12.2 Å². The molecular formula is C7H9NO3S. The van der Waals surface area contributed by atoms with Gasteiger partial charge in [0, 0.05) is 6.20 Å². The molecule has 1 rings (SSSR count). The van der Waals surface area contributed by atoms with Crippen molar-refractivity contribution in [2.45, 2.75) is 0 Å². The summed E-state index contributed by atoms with van der Waals surface area (Å²) in [4.78, 5) is 0. The molecule has 0 unspecified atom stereocenters. The van der Waals surface area contributed by atoms with Gasteiger partial charge in [-0.05, 0) is 12.2 Å². The lowest BCUT2D eigenvalue weighted by molar-refractivity contribution is 0.391. The van der Waals surface area contributed by atoms with E-state index in [0.29, 0.717) is 0 Å². The molecule has 0 saturated heterocycles. The summed E-state index contributed by atoms with van der Waals surface area (Å²) < 4.78 is 25.9. The van der Waals surface area contributed by atoms with E-state index in [9.17, 15) is 8.42 Å². The molecule has 0 aromatic heterocycles. The van der Waals surface area contributed by atoms with E-state index in [1.165, 1.54) is 6.08 Å². The first-order valence-electron chi connectivity index (χ1n) is 3.27. The zero-order valence-electron chi connectivity index (χ0n) is 6.52. The Balaban J connectivity index is 2.71. The molecule has 4 nitrogen and oxygen atoms in total. The van der Waals surface area contributed by atoms with E-state index in [4.69, 9.17) is 0 Å². The largest absolute Gasteiger partial charge is 0.364 e. The minimum Gasteiger partial charge on any atom is -0.364 e. The average Bonchev–Trinajstić information content (AvgIpc) is 2.12. The lowest BCUT2D eigenvalue weighted by Crippen LogP contribution is -2.12. The van der Waals surface area contributed by atoms with Gasteiger partial charge in [0.15, 0.2) is 0 Å². The van der Waals surface area contributed by atoms with Gasteiger partial charge in [0.25, 0.3) is 0 Å². The number of hydrogen-bond donors (Lipinski definition) is 1. The van der Waals surface area contributed by atoms with Gasteiger partial charge in [0.05, 0.1) is 6.26 Å². The minimum absolute atomic E-state index is 0.197. The fraction of sp³-hybridized carbons (Fsp3) is 0.143. The van der Waals surface area contributed by atoms with Gasteiger partial charge in [0.2, 0.25) is 5.88 Å². The van der Waals surface area contributed by atoms with Crippen LogP contribution in [0.25, 0.3) is 0 Å². The zero-order chi connectivity index (χ0) is 9.03. The van der Waals surface area contributed by atoms with Crippen molar-refractivity contribution in [3.05, 3.63) is 36.4 Å². The highest BCUT2D eigenvalue weighted by molar-refractivity contribution is 7.86. The zero-order valence-corrected chi connectivity index (χ0v) is 7.34. The third-order valence-electron chi connectivity index (χ3n) is 1.03. The van der Waals surface area contributed by atoms with Crippen molar-refractivity contribution in [2.24, 2.45) is 0 Å². The van der Waals surface area contributed by atoms with Crippen LogP contribution in [0.15, 0.2) is 36.4 Å². The molecule has 66 valence electrons. The molecule has 5 heteroatoms. The molecule has 0 aromatic rings. The molecule has 1 heterocycles. The molecular weight excluding hydrogens is 178 g/mol. The normalized spacial score (nSPS) is 16.2. The van der Waals surface area contributed by atoms with E-state index in [1.807, 2.05) is 0 Å². The van der Waals surface area contributed by atoms with Crippen LogP contribution in [-0.2, 0) is 14.3 Å². The Morgan fingerprint density at radius 1 is 1.33 bits per heavy atom. The van der Waals surface area contributed by atoms with Crippen molar-refractivity contribution in [2.75, 3.05) is 6.26 Å². The third-order valence-corrected chi connectivity index (χ3v) is 1.52. The summed E-state index contributed by atoms with van der Waals surface area (Å²) >= 11 is 0. The molecule has 0 amide bonds. The van der Waals surface area contributed by atoms with E-state index in [0.717, 1.165) is 6.26 Å². The highest BCUT2D eigenvalue weighted by Gasteiger charge is 2.04. The van der Waals surface area contributed by atoms with Gasteiger partial charge in [-0.15, -0.1) is 0 Å². The second kappa shape index (κ2) is 3.44. The molecule has 0 saturated carbocycles. The van der Waals surface area contributed by atoms with Crippen LogP contribution in [0.1, 0.15) is 0 Å². The molecule has 12 heavy (non-hydrogen) atoms. The fourth-order valence-corrected chi connectivity index (χ4v) is 1.09. The summed E-state index contributed by atoms with van der Waals surface area (Å²) in [6.07, 6.45) is 9.27. The summed E-state index contributed by atoms with van der Waals surface area (Å²) in [6, 6.07) is 0. The second-order valence-corrected chi connectivity index (χ2v) is 3.78. The standard InChI is InChI=1S/C7H9NO3S/c1-12(9,10)11-7-5-3-2-4-6-8-7/h2-6,8H,1H3. The molecule has 1 aliphatic heterocycles. The van der Waals surface area contributed by atoms with Gasteiger partial charge in [-0.2, -0.15) is 8.42 Å². The van der Waals surface area contributed by atoms with Crippen LogP contribution in [-0.4, -0.2) is 14.7 Å². The van der Waals surface area contributed by atoms with Gasteiger partial charge in [-0.25, -0.2) is 0 Å². The van der Waals surface area contributed by atoms with Gasteiger partial charge < -0.3 is 9.50 Å². The van der Waals surface area contributed by atoms with Crippen molar-refractivity contribution in [3.63, 3.8) is 0 Å². The summed E-state index contributed by atoms with van der Waals surface area (Å²) in [5, 5.41) is 2.65. The Kier molecular flexibility index (Phi) is 2.54. The summed E-state index contributed by atoms with van der Waals surface area (Å²) in [5.41, 5.74) is 0. The summed E-state index contributed by atoms with van der Waals surface area (Å²) in [5.74, 6) is 0.197. The fourth-order valence-electron chi connectivity index (χ4n) is 0.656. The quantitative estimate of drug-likeness (QED) is 0.639. The molecule has 1 aliphatic rings. The topological polar surface area (TPSA) is 55.4 Å². The average molecular weight is 187 g/mol. The van der Waals surface area contributed by atoms with E-state index in [1.54, 1.807) is 24.4 Å². The number of rotatable bonds is 2. The van der Waals surface area contributed by atoms with Gasteiger partial charge >= 0.3 is 10.1 Å². The van der Waals surface area contributed by atoms with Crippen molar-refractivity contribution in [1.29, 1.82) is 0 Å². The number of allylic oxidation sites excluding steroid dienone is 4. The van der Waals surface area contributed by atoms with Crippen molar-refractivity contribution in [3.8, 4) is 0 Å². The van der Waals surface area contributed by atoms with Crippen LogP contribution < -0.4 is 5.32 Å². The molecule has 0 aromatic carbocycles. The summed E-state index contributed by atoms with van der Waals surface area (Å²) in [7, 11) is -3.44. The molecule has 0 radical (unpaired) electrons. The highest BCUT2D eigenvalue weighted by Crippen LogP contribution is 2.01. The van der Waals surface area contributed by atoms with Crippen LogP contribution >= 0.6 is 0 Å². The Morgan fingerprint density at radius 3 is 2.75 bits per heavy atom. The maximum atomic E-state index is 10.7. The first kappa shape index (κ1) is 8.86. The Labute approximate surface area is 71.4 Å². The van der Waals surface area contributed by atoms with E-state index < -0.39 is 10.1 Å². The Morgan fingerprint density at radius 2 is 2.08 bits per heavy atom. The van der Waals surface area contributed by atoms with E-state index in [-0.39, 0.29) is 5.88 Å². The Bertz CT molecular complexity index is 338. The smallest absolute Gasteiger partial charge is 0.307 e. The van der Waals surface area contributed by atoms with Crippen molar-refractivity contribution < 1.29 is 12.6 Å². The van der Waals surface area contributed by atoms with Crippen LogP contribution in [0.5, 0.6) is 0 Å². The van der Waals surface area contributed by atoms with Crippen LogP contribution in [0.3, 0.4) is 0 Å². The maximum Gasteiger partial charge on any atom is 0.307 e. The monoisotopic (exact) mass is 187 g/mol. The van der Waals surface area contributed by atoms with E-state index in [2.05, 4.69) is 9.50 Å². The number of nitrogens with one attached hydrogen (secondary N) is 1. The second-order valence-electron chi connectivity index (χ2n) is 2.21. The Hall–Kier alpha value is -1.23. The molecule has 0 spiro atoms. The van der Waals surface area contributed by atoms with E-state index >= 15 is 0 Å². The molecule has 0 atom stereocenters. The first-order chi connectivity index (χ1) is 5.58. The van der Waals surface area contributed by atoms with Crippen LogP contribution in [0.2, 0.25) is 0 Å². The lowest BCUT2D eigenvalue weighted by atomic mass is 10.5. The first-order valence-corrected chi connectivity index (χ1v) is 5.09. The summed E-state index contributed by atoms with van der Waals surface area (Å²) in [6.45, 7) is 0. The SMILES string of the molecule is CS(=O)(=O)OC1=CC=CC=CN1. The predicted molar refractivity (Wildman–Crippen MR) is 45.4 cm³/mol. The van der Waals surface area contributed by atoms with Crippen LogP contribution in [0, 0.1) is 0 Å². The molecule has 1 N–H and O–H groups in total. The van der Waals surface area contributed by atoms with Crippen molar-refractivity contribution in [1.82, 2.24) is 5.32 Å². The number of hydrogen-bond acceptors (Lipinski definition) is 4. The minimum atomic E-state index is -3.44. The van der Waals surface area contributed by atoms with Gasteiger partial charge in [-0.3, -0.25) is 0 Å². The lowest BCUT2D eigenvalue weighted by Gasteiger charge is -2.04. The highest BCUT2D eigenvalue weighted by atomic mass is 32.2. The third kappa shape index (κ3) is 3.25. The predicted octanol–water partition coefficient (Wildman–Crippen LogP) is 0.477. The van der Waals surface area contributed by atoms with Gasteiger partial charge in [0.1, 0.15) is 0 Å². The maximum absolute atomic E-state index is 10.7. The van der Waals surface area contributed by atoms with Crippen LogP contribution in [0.4, 0.5) is 0 Å².